The number of rotatable bonds is 3. The molecule has 1 N–H and O–H groups in total. The van der Waals surface area contributed by atoms with E-state index in [1.54, 1.807) is 18.2 Å². The van der Waals surface area contributed by atoms with Crippen LogP contribution in [0.4, 0.5) is 5.69 Å². The fourth-order valence-electron chi connectivity index (χ4n) is 1.76. The van der Waals surface area contributed by atoms with Crippen LogP contribution >= 0.6 is 11.6 Å². The van der Waals surface area contributed by atoms with Crippen LogP contribution in [0.15, 0.2) is 18.2 Å². The summed E-state index contributed by atoms with van der Waals surface area (Å²) in [5.41, 5.74) is 1.41. The van der Waals surface area contributed by atoms with Crippen LogP contribution in [0, 0.1) is 11.3 Å². The van der Waals surface area contributed by atoms with Crippen LogP contribution in [0.3, 0.4) is 0 Å². The van der Waals surface area contributed by atoms with E-state index in [4.69, 9.17) is 21.6 Å². The molecule has 0 aliphatic carbocycles. The first-order chi connectivity index (χ1) is 7.79. The third kappa shape index (κ3) is 2.66. The molecule has 0 spiro atoms. The van der Waals surface area contributed by atoms with Crippen molar-refractivity contribution in [2.45, 2.75) is 18.9 Å². The number of nitrogens with zero attached hydrogens (tertiary/aromatic N) is 1. The molecule has 84 valence electrons. The number of hydrogen-bond donors (Lipinski definition) is 1. The summed E-state index contributed by atoms with van der Waals surface area (Å²) in [6, 6.07) is 7.30. The standard InChI is InChI=1S/C12H13ClN2O/c13-11-4-3-9(7-14)6-12(11)15-8-10-2-1-5-16-10/h3-4,6,10,15H,1-2,5,8H2. The second-order valence-electron chi connectivity index (χ2n) is 3.82. The molecule has 1 heterocycles. The van der Waals surface area contributed by atoms with Crippen molar-refractivity contribution in [2.75, 3.05) is 18.5 Å². The summed E-state index contributed by atoms with van der Waals surface area (Å²) in [6.07, 6.45) is 2.47. The number of nitriles is 1. The lowest BCUT2D eigenvalue weighted by Gasteiger charge is -2.13. The smallest absolute Gasteiger partial charge is 0.0992 e. The van der Waals surface area contributed by atoms with Crippen molar-refractivity contribution in [2.24, 2.45) is 0 Å². The van der Waals surface area contributed by atoms with Gasteiger partial charge in [0, 0.05) is 13.2 Å². The molecule has 0 saturated carbocycles. The predicted molar refractivity (Wildman–Crippen MR) is 63.6 cm³/mol. The minimum absolute atomic E-state index is 0.266. The van der Waals surface area contributed by atoms with Crippen molar-refractivity contribution in [3.63, 3.8) is 0 Å². The first-order valence-corrected chi connectivity index (χ1v) is 5.72. The van der Waals surface area contributed by atoms with Gasteiger partial charge in [0.25, 0.3) is 0 Å². The molecule has 1 atom stereocenters. The molecule has 1 fully saturated rings. The zero-order chi connectivity index (χ0) is 11.4. The molecule has 16 heavy (non-hydrogen) atoms. The Morgan fingerprint density at radius 2 is 2.44 bits per heavy atom. The Kier molecular flexibility index (Phi) is 3.66. The second kappa shape index (κ2) is 5.20. The van der Waals surface area contributed by atoms with Crippen molar-refractivity contribution in [1.82, 2.24) is 0 Å². The Hall–Kier alpha value is -1.24. The molecule has 0 amide bonds. The average molecular weight is 237 g/mol. The first-order valence-electron chi connectivity index (χ1n) is 5.35. The van der Waals surface area contributed by atoms with Crippen molar-refractivity contribution >= 4 is 17.3 Å². The summed E-state index contributed by atoms with van der Waals surface area (Å²) >= 11 is 6.03. The van der Waals surface area contributed by atoms with Crippen molar-refractivity contribution in [3.05, 3.63) is 28.8 Å². The quantitative estimate of drug-likeness (QED) is 0.878. The largest absolute Gasteiger partial charge is 0.381 e. The van der Waals surface area contributed by atoms with Gasteiger partial charge in [-0.15, -0.1) is 0 Å². The minimum atomic E-state index is 0.266. The van der Waals surface area contributed by atoms with E-state index in [1.165, 1.54) is 0 Å². The topological polar surface area (TPSA) is 45.0 Å². The molecule has 0 bridgehead atoms. The van der Waals surface area contributed by atoms with Crippen LogP contribution in [0.5, 0.6) is 0 Å². The van der Waals surface area contributed by atoms with E-state index in [2.05, 4.69) is 11.4 Å². The number of benzene rings is 1. The van der Waals surface area contributed by atoms with Crippen LogP contribution in [-0.4, -0.2) is 19.3 Å². The maximum Gasteiger partial charge on any atom is 0.0992 e. The van der Waals surface area contributed by atoms with Crippen LogP contribution in [-0.2, 0) is 4.74 Å². The maximum atomic E-state index is 8.79. The molecule has 0 aromatic heterocycles. The molecule has 3 nitrogen and oxygen atoms in total. The van der Waals surface area contributed by atoms with E-state index < -0.39 is 0 Å². The third-order valence-corrected chi connectivity index (χ3v) is 2.97. The number of nitrogens with one attached hydrogen (secondary N) is 1. The summed E-state index contributed by atoms with van der Waals surface area (Å²) in [5, 5.41) is 12.6. The summed E-state index contributed by atoms with van der Waals surface area (Å²) in [7, 11) is 0. The Morgan fingerprint density at radius 3 is 3.12 bits per heavy atom. The number of halogens is 1. The van der Waals surface area contributed by atoms with Crippen LogP contribution in [0.1, 0.15) is 18.4 Å². The summed E-state index contributed by atoms with van der Waals surface area (Å²) in [5.74, 6) is 0. The Morgan fingerprint density at radius 1 is 1.56 bits per heavy atom. The van der Waals surface area contributed by atoms with E-state index >= 15 is 0 Å². The molecule has 1 unspecified atom stereocenters. The van der Waals surface area contributed by atoms with Gasteiger partial charge in [0.15, 0.2) is 0 Å². The molecule has 4 heteroatoms. The highest BCUT2D eigenvalue weighted by atomic mass is 35.5. The van der Waals surface area contributed by atoms with Gasteiger partial charge in [-0.2, -0.15) is 5.26 Å². The number of anilines is 1. The van der Waals surface area contributed by atoms with Gasteiger partial charge < -0.3 is 10.1 Å². The fraction of sp³-hybridized carbons (Fsp3) is 0.417. The van der Waals surface area contributed by atoms with Crippen molar-refractivity contribution in [1.29, 1.82) is 5.26 Å². The molecular formula is C12H13ClN2O. The van der Waals surface area contributed by atoms with Gasteiger partial charge in [0.1, 0.15) is 0 Å². The van der Waals surface area contributed by atoms with Gasteiger partial charge >= 0.3 is 0 Å². The van der Waals surface area contributed by atoms with E-state index in [0.717, 1.165) is 31.7 Å². The predicted octanol–water partition coefficient (Wildman–Crippen LogP) is 2.80. The summed E-state index contributed by atoms with van der Waals surface area (Å²) in [4.78, 5) is 0. The summed E-state index contributed by atoms with van der Waals surface area (Å²) < 4.78 is 5.50. The first kappa shape index (κ1) is 11.3. The number of hydrogen-bond acceptors (Lipinski definition) is 3. The maximum absolute atomic E-state index is 8.79. The lowest BCUT2D eigenvalue weighted by molar-refractivity contribution is 0.120. The SMILES string of the molecule is N#Cc1ccc(Cl)c(NCC2CCCO2)c1. The molecule has 1 aliphatic rings. The third-order valence-electron chi connectivity index (χ3n) is 2.64. The highest BCUT2D eigenvalue weighted by Gasteiger charge is 2.15. The second-order valence-corrected chi connectivity index (χ2v) is 4.23. The van der Waals surface area contributed by atoms with E-state index in [9.17, 15) is 0 Å². The van der Waals surface area contributed by atoms with Gasteiger partial charge in [-0.1, -0.05) is 11.6 Å². The molecule has 1 saturated heterocycles. The van der Waals surface area contributed by atoms with Crippen LogP contribution < -0.4 is 5.32 Å². The minimum Gasteiger partial charge on any atom is -0.381 e. The zero-order valence-corrected chi connectivity index (χ0v) is 9.63. The molecular weight excluding hydrogens is 224 g/mol. The molecule has 2 rings (SSSR count). The van der Waals surface area contributed by atoms with Gasteiger partial charge in [0.05, 0.1) is 28.4 Å². The fourth-order valence-corrected chi connectivity index (χ4v) is 1.94. The average Bonchev–Trinajstić information content (AvgIpc) is 2.81. The van der Waals surface area contributed by atoms with Gasteiger partial charge in [-0.05, 0) is 31.0 Å². The monoisotopic (exact) mass is 236 g/mol. The lowest BCUT2D eigenvalue weighted by atomic mass is 10.2. The van der Waals surface area contributed by atoms with Crippen LogP contribution in [0.2, 0.25) is 5.02 Å². The van der Waals surface area contributed by atoms with E-state index in [1.807, 2.05) is 0 Å². The molecule has 1 aromatic carbocycles. The highest BCUT2D eigenvalue weighted by molar-refractivity contribution is 6.33. The highest BCUT2D eigenvalue weighted by Crippen LogP contribution is 2.23. The lowest BCUT2D eigenvalue weighted by Crippen LogP contribution is -2.18. The molecule has 0 radical (unpaired) electrons. The normalized spacial score (nSPS) is 19.4. The molecule has 1 aromatic rings. The van der Waals surface area contributed by atoms with E-state index in [-0.39, 0.29) is 6.10 Å². The Bertz CT molecular complexity index is 408. The Balaban J connectivity index is 2.00. The van der Waals surface area contributed by atoms with E-state index in [0.29, 0.717) is 10.6 Å². The Labute approximate surface area is 100.0 Å². The van der Waals surface area contributed by atoms with Crippen LogP contribution in [0.25, 0.3) is 0 Å². The van der Waals surface area contributed by atoms with Gasteiger partial charge in [0.2, 0.25) is 0 Å². The summed E-state index contributed by atoms with van der Waals surface area (Å²) in [6.45, 7) is 1.59. The van der Waals surface area contributed by atoms with Crippen molar-refractivity contribution in [3.8, 4) is 6.07 Å². The van der Waals surface area contributed by atoms with Gasteiger partial charge in [-0.25, -0.2) is 0 Å². The number of ether oxygens (including phenoxy) is 1. The molecule has 1 aliphatic heterocycles. The zero-order valence-electron chi connectivity index (χ0n) is 8.87. The van der Waals surface area contributed by atoms with Crippen molar-refractivity contribution < 1.29 is 4.74 Å². The van der Waals surface area contributed by atoms with Gasteiger partial charge in [-0.3, -0.25) is 0 Å².